The average molecular weight is 1700 g/mol. The third-order valence-electron chi connectivity index (χ3n) is 24.2. The van der Waals surface area contributed by atoms with Gasteiger partial charge in [-0.05, 0) is 145 Å². The number of carbonyl (C=O) groups is 3. The van der Waals surface area contributed by atoms with Crippen molar-refractivity contribution in [1.29, 1.82) is 0 Å². The molecule has 9 aromatic rings. The standard InChI is InChI=1S/C76H98O8.C35H28O7/c1-69(2,3)45-25-41(26-46(37-45)70(4,5)6)33-53-61(77)54(34-42-27-47(71(7,8)9)38-48(28-42)72(10,11)12)64(80)57(63(53)79)59-67(83)60(68(59)84)58-65(81)55(35-43-29-49(73(13,14)15)39-50(30-43)74(16,17)18)62(78)56(66(58)82)36-44-31-51(75(19,20)21)40-52(32-44)76(22,23)24;1-20-18-26(37)28(32(39)23(20)16-8-14-21-10-4-2-5-11-21)30-34(41)31(35(30)42)29-27(38)19-25(36)24(33(29)40)17-9-15-22-12-6-3-7-13-22/h25-32,37-40,77-81,83H,33-36H2,1-24H3;2-15,18-19,36-41H,1,16-17H2/b;14-8+,15-9+,30-28-. The van der Waals surface area contributed by atoms with E-state index in [1.54, 1.807) is 18.2 Å². The smallest absolute Gasteiger partial charge is 0.202 e. The molecule has 0 aliphatic heterocycles. The Morgan fingerprint density at radius 3 is 0.929 bits per heavy atom. The number of hydrogen-bond acceptors (Lipinski definition) is 15. The molecule has 0 heterocycles. The zero-order valence-corrected chi connectivity index (χ0v) is 77.7. The maximum absolute atomic E-state index is 15.4. The van der Waals surface area contributed by atoms with Crippen LogP contribution < -0.4 is 10.4 Å². The van der Waals surface area contributed by atoms with E-state index in [2.05, 4.69) is 197 Å². The molecular formula is C111H126O15. The first-order valence-electron chi connectivity index (χ1n) is 43.1. The summed E-state index contributed by atoms with van der Waals surface area (Å²) in [6, 6.07) is 46.1. The Balaban J connectivity index is 0.000000305. The molecule has 660 valence electrons. The lowest BCUT2D eigenvalue weighted by Crippen LogP contribution is -2.30. The van der Waals surface area contributed by atoms with Crippen LogP contribution in [0, 0.1) is 0 Å². The highest BCUT2D eigenvalue weighted by atomic mass is 16.3. The first-order chi connectivity index (χ1) is 58.2. The maximum Gasteiger partial charge on any atom is 0.202 e. The maximum atomic E-state index is 15.4. The van der Waals surface area contributed by atoms with Gasteiger partial charge in [-0.25, -0.2) is 0 Å². The van der Waals surface area contributed by atoms with Crippen molar-refractivity contribution in [3.05, 3.63) is 325 Å². The Morgan fingerprint density at radius 2 is 0.579 bits per heavy atom. The second kappa shape index (κ2) is 34.5. The minimum absolute atomic E-state index is 0.00853. The van der Waals surface area contributed by atoms with E-state index in [0.717, 1.165) is 84.0 Å². The summed E-state index contributed by atoms with van der Waals surface area (Å²) in [5.41, 5.74) is 8.35. The number of aliphatic hydroxyl groups is 4. The van der Waals surface area contributed by atoms with Gasteiger partial charge in [0.05, 0.1) is 44.2 Å². The van der Waals surface area contributed by atoms with Crippen LogP contribution in [-0.2, 0) is 96.2 Å². The van der Waals surface area contributed by atoms with Crippen LogP contribution in [0.3, 0.4) is 0 Å². The molecule has 0 bridgehead atoms. The van der Waals surface area contributed by atoms with Gasteiger partial charge in [-0.1, -0.05) is 331 Å². The number of carbonyl (C=O) groups excluding carboxylic acids is 3. The third kappa shape index (κ3) is 19.6. The lowest BCUT2D eigenvalue weighted by atomic mass is 9.73. The molecule has 0 unspecified atom stereocenters. The summed E-state index contributed by atoms with van der Waals surface area (Å²) in [5, 5.41) is 141. The van der Waals surface area contributed by atoms with E-state index >= 15 is 9.59 Å². The molecule has 0 aromatic heterocycles. The summed E-state index contributed by atoms with van der Waals surface area (Å²) in [6.07, 6.45) is 7.28. The molecule has 126 heavy (non-hydrogen) atoms. The number of aliphatic hydroxyl groups excluding tert-OH is 4. The molecular weight excluding hydrogens is 1570 g/mol. The van der Waals surface area contributed by atoms with Crippen LogP contribution in [0.15, 0.2) is 203 Å². The summed E-state index contributed by atoms with van der Waals surface area (Å²) in [4.78, 5) is 44.2. The van der Waals surface area contributed by atoms with Gasteiger partial charge in [0.1, 0.15) is 69.0 Å². The first kappa shape index (κ1) is 94.2. The molecule has 0 spiro atoms. The summed E-state index contributed by atoms with van der Waals surface area (Å²) in [5.74, 6) is -9.06. The molecule has 12 N–H and O–H groups in total. The molecule has 3 aliphatic carbocycles. The fourth-order valence-corrected chi connectivity index (χ4v) is 16.1. The van der Waals surface area contributed by atoms with Gasteiger partial charge in [0.25, 0.3) is 0 Å². The van der Waals surface area contributed by atoms with E-state index in [4.69, 9.17) is 0 Å². The lowest BCUT2D eigenvalue weighted by molar-refractivity contribution is -0.115. The number of rotatable bonds is 16. The van der Waals surface area contributed by atoms with Crippen LogP contribution in [0.2, 0.25) is 0 Å². The Labute approximate surface area is 742 Å². The fourth-order valence-electron chi connectivity index (χ4n) is 16.1. The van der Waals surface area contributed by atoms with Crippen LogP contribution in [0.5, 0.6) is 46.0 Å². The summed E-state index contributed by atoms with van der Waals surface area (Å²) in [6.45, 7) is 54.8. The second-order valence-corrected chi connectivity index (χ2v) is 42.4. The molecule has 0 fully saturated rings. The predicted molar refractivity (Wildman–Crippen MR) is 508 cm³/mol. The summed E-state index contributed by atoms with van der Waals surface area (Å²) < 4.78 is 0. The van der Waals surface area contributed by atoms with E-state index in [1.807, 2.05) is 115 Å². The monoisotopic (exact) mass is 1700 g/mol. The van der Waals surface area contributed by atoms with Crippen LogP contribution in [0.1, 0.15) is 277 Å². The molecule has 15 heteroatoms. The molecule has 3 aliphatic rings. The van der Waals surface area contributed by atoms with E-state index in [1.165, 1.54) is 6.07 Å². The zero-order chi connectivity index (χ0) is 93.4. The van der Waals surface area contributed by atoms with Gasteiger partial charge >= 0.3 is 0 Å². The molecule has 0 saturated heterocycles. The molecule has 0 saturated carbocycles. The zero-order valence-electron chi connectivity index (χ0n) is 77.7. The molecule has 9 aromatic carbocycles. The van der Waals surface area contributed by atoms with E-state index in [9.17, 15) is 66.1 Å². The van der Waals surface area contributed by atoms with Crippen molar-refractivity contribution < 1.29 is 75.7 Å². The Morgan fingerprint density at radius 1 is 0.270 bits per heavy atom. The Hall–Kier alpha value is -12.5. The van der Waals surface area contributed by atoms with Gasteiger partial charge in [0, 0.05) is 65.1 Å². The van der Waals surface area contributed by atoms with Crippen molar-refractivity contribution >= 4 is 52.8 Å². The number of Topliss-reactive ketones (excluding diaryl/α,β-unsaturated/α-hetero) is 3. The molecule has 0 atom stereocenters. The number of phenols is 8. The molecule has 0 amide bonds. The van der Waals surface area contributed by atoms with Crippen molar-refractivity contribution in [2.45, 2.75) is 248 Å². The predicted octanol–water partition coefficient (Wildman–Crippen LogP) is 23.0. The molecule has 0 radical (unpaired) electrons. The van der Waals surface area contributed by atoms with Crippen LogP contribution in [-0.4, -0.2) is 78.6 Å². The molecule has 15 nitrogen and oxygen atoms in total. The summed E-state index contributed by atoms with van der Waals surface area (Å²) in [7, 11) is 0. The topological polar surface area (TPSA) is 294 Å². The second-order valence-electron chi connectivity index (χ2n) is 42.4. The normalized spacial score (nSPS) is 15.8. The van der Waals surface area contributed by atoms with E-state index < -0.39 is 108 Å². The van der Waals surface area contributed by atoms with Gasteiger partial charge < -0.3 is 61.3 Å². The average Bonchev–Trinajstić information content (AvgIpc) is 0.715. The third-order valence-corrected chi connectivity index (χ3v) is 24.2. The fraction of sp³-hybridized carbons (Fsp3) is 0.342. The van der Waals surface area contributed by atoms with Crippen LogP contribution in [0.25, 0.3) is 35.5 Å². The van der Waals surface area contributed by atoms with Gasteiger partial charge in [-0.3, -0.25) is 14.4 Å². The highest BCUT2D eigenvalue weighted by Gasteiger charge is 2.47. The minimum atomic E-state index is -0.917. The number of phenolic OH excluding ortho intramolecular Hbond substituents is 8. The number of ketones is 3. The van der Waals surface area contributed by atoms with E-state index in [-0.39, 0.29) is 132 Å². The Bertz CT molecular complexity index is 6030. The van der Waals surface area contributed by atoms with Crippen molar-refractivity contribution in [2.24, 2.45) is 0 Å². The highest BCUT2D eigenvalue weighted by molar-refractivity contribution is 6.52. The quantitative estimate of drug-likeness (QED) is 0.0401. The van der Waals surface area contributed by atoms with Gasteiger partial charge in [0.15, 0.2) is 5.78 Å². The highest BCUT2D eigenvalue weighted by Crippen LogP contribution is 2.55. The minimum Gasteiger partial charge on any atom is -0.507 e. The van der Waals surface area contributed by atoms with Crippen LogP contribution in [0.4, 0.5) is 0 Å². The lowest BCUT2D eigenvalue weighted by Gasteiger charge is -2.30. The number of aromatic hydroxyl groups is 8. The van der Waals surface area contributed by atoms with Gasteiger partial charge in [0.2, 0.25) is 11.6 Å². The first-order valence-corrected chi connectivity index (χ1v) is 43.1. The van der Waals surface area contributed by atoms with Crippen molar-refractivity contribution in [1.82, 2.24) is 0 Å². The number of allylic oxidation sites excluding steroid dienone is 9. The van der Waals surface area contributed by atoms with Crippen molar-refractivity contribution in [2.75, 3.05) is 0 Å². The van der Waals surface area contributed by atoms with Crippen molar-refractivity contribution in [3.63, 3.8) is 0 Å². The largest absolute Gasteiger partial charge is 0.507 e. The van der Waals surface area contributed by atoms with Crippen LogP contribution >= 0.6 is 0 Å². The van der Waals surface area contributed by atoms with E-state index in [0.29, 0.717) is 10.8 Å². The Kier molecular flexibility index (Phi) is 25.8. The van der Waals surface area contributed by atoms with Crippen molar-refractivity contribution in [3.8, 4) is 46.0 Å². The molecule has 12 rings (SSSR count). The SMILES string of the molecule is C=c1cc(O)/c(=C2/C(=O)C(c3c(O)cc(O)c(C/C=C/c4ccccc4)c3O)=C2O)c(O)c1C/C=C/c1ccccc1.CC(C)(C)c1cc(CC2=C(O)C(Cc3cc(C(C)(C)C)cc(C(C)(C)C)c3)=C(O)C(=C3C(=O)C(c4c(O)c(Cc5cc(C(C)(C)C)cc(C(C)(C)C)c5)c(O)c(Cc5cc(C(C)(C)C)cc(C(C)(C)C)c5)c4O)=C3O)C2=O)cc(C(C)(C)C)c1. The summed E-state index contributed by atoms with van der Waals surface area (Å²) >= 11 is 0. The number of benzene rings is 9. The van der Waals surface area contributed by atoms with Gasteiger partial charge in [-0.15, -0.1) is 0 Å². The number of hydrogen-bond donors (Lipinski definition) is 12. The van der Waals surface area contributed by atoms with Gasteiger partial charge in [-0.2, -0.15) is 0 Å².